The van der Waals surface area contributed by atoms with Crippen molar-refractivity contribution in [2.75, 3.05) is 19.6 Å². The molecule has 3 aliphatic rings. The molecular weight excluding hydrogens is 346 g/mol. The molecule has 5 heterocycles. The number of amides is 1. The minimum Gasteiger partial charge on any atom is -0.445 e. The smallest absolute Gasteiger partial charge is 0.261 e. The zero-order valence-electron chi connectivity index (χ0n) is 13.1. The van der Waals surface area contributed by atoms with Crippen LogP contribution in [0.1, 0.15) is 22.5 Å². The second-order valence-electron chi connectivity index (χ2n) is 6.26. The van der Waals surface area contributed by atoms with Crippen LogP contribution in [0.5, 0.6) is 10.8 Å². The van der Waals surface area contributed by atoms with Crippen LogP contribution in [0.25, 0.3) is 0 Å². The van der Waals surface area contributed by atoms with Gasteiger partial charge in [-0.05, 0) is 56.1 Å². The van der Waals surface area contributed by atoms with E-state index in [0.29, 0.717) is 26.8 Å². The number of piperidine rings is 3. The second-order valence-corrected chi connectivity index (χ2v) is 7.69. The van der Waals surface area contributed by atoms with Crippen LogP contribution in [0.4, 0.5) is 0 Å². The first-order valence-electron chi connectivity index (χ1n) is 8.10. The van der Waals surface area contributed by atoms with Crippen LogP contribution < -0.4 is 10.1 Å². The van der Waals surface area contributed by atoms with Gasteiger partial charge in [-0.1, -0.05) is 22.9 Å². The first kappa shape index (κ1) is 15.9. The average molecular weight is 364 g/mol. The molecule has 1 unspecified atom stereocenters. The molecule has 5 nitrogen and oxygen atoms in total. The number of nitrogens with one attached hydrogen (secondary N) is 1. The highest BCUT2D eigenvalue weighted by Crippen LogP contribution is 2.31. The Morgan fingerprint density at radius 3 is 2.79 bits per heavy atom. The van der Waals surface area contributed by atoms with Gasteiger partial charge in [0.15, 0.2) is 5.06 Å². The van der Waals surface area contributed by atoms with Crippen molar-refractivity contribution >= 4 is 28.8 Å². The molecule has 24 heavy (non-hydrogen) atoms. The zero-order valence-corrected chi connectivity index (χ0v) is 14.6. The van der Waals surface area contributed by atoms with Crippen molar-refractivity contribution in [3.8, 4) is 10.8 Å². The molecular formula is C17H18ClN3O2S. The second kappa shape index (κ2) is 6.70. The van der Waals surface area contributed by atoms with E-state index in [4.69, 9.17) is 16.3 Å². The van der Waals surface area contributed by atoms with E-state index in [-0.39, 0.29) is 11.9 Å². The van der Waals surface area contributed by atoms with Gasteiger partial charge in [-0.15, -0.1) is 0 Å². The monoisotopic (exact) mass is 363 g/mol. The molecule has 2 bridgehead atoms. The fourth-order valence-corrected chi connectivity index (χ4v) is 4.29. The summed E-state index contributed by atoms with van der Waals surface area (Å²) in [5.41, 5.74) is 0. The summed E-state index contributed by atoms with van der Waals surface area (Å²) in [6.07, 6.45) is 3.94. The van der Waals surface area contributed by atoms with Crippen molar-refractivity contribution in [2.45, 2.75) is 18.9 Å². The lowest BCUT2D eigenvalue weighted by Crippen LogP contribution is -2.57. The lowest BCUT2D eigenvalue weighted by atomic mass is 9.84. The number of halogens is 1. The number of ether oxygens (including phenoxy) is 1. The third-order valence-corrected chi connectivity index (χ3v) is 5.88. The summed E-state index contributed by atoms with van der Waals surface area (Å²) in [5.74, 6) is 1.21. The van der Waals surface area contributed by atoms with Crippen molar-refractivity contribution in [1.82, 2.24) is 15.2 Å². The maximum absolute atomic E-state index is 12.5. The number of hydrogen-bond acceptors (Lipinski definition) is 5. The minimum atomic E-state index is -0.0113. The van der Waals surface area contributed by atoms with Gasteiger partial charge < -0.3 is 15.0 Å². The Morgan fingerprint density at radius 2 is 2.12 bits per heavy atom. The topological polar surface area (TPSA) is 54.5 Å². The Balaban J connectivity index is 1.39. The number of hydrogen-bond donors (Lipinski definition) is 1. The van der Waals surface area contributed by atoms with E-state index < -0.39 is 0 Å². The largest absolute Gasteiger partial charge is 0.445 e. The fraction of sp³-hybridized carbons (Fsp3) is 0.412. The van der Waals surface area contributed by atoms with Crippen molar-refractivity contribution in [3.05, 3.63) is 40.5 Å². The number of aromatic nitrogens is 1. The quantitative estimate of drug-likeness (QED) is 0.846. The van der Waals surface area contributed by atoms with Gasteiger partial charge in [-0.3, -0.25) is 4.79 Å². The van der Waals surface area contributed by atoms with E-state index in [0.717, 1.165) is 6.54 Å². The zero-order chi connectivity index (χ0) is 16.5. The van der Waals surface area contributed by atoms with E-state index in [1.54, 1.807) is 24.4 Å². The number of carbonyl (C=O) groups excluding carboxylic acids is 1. The number of fused-ring (bicyclic) bond motifs is 3. The molecule has 0 radical (unpaired) electrons. The van der Waals surface area contributed by atoms with Crippen molar-refractivity contribution < 1.29 is 9.53 Å². The first-order chi connectivity index (χ1) is 11.7. The summed E-state index contributed by atoms with van der Waals surface area (Å²) >= 11 is 7.10. The molecule has 5 rings (SSSR count). The molecule has 1 N–H and O–H groups in total. The van der Waals surface area contributed by atoms with Crippen LogP contribution in [0.3, 0.4) is 0 Å². The van der Waals surface area contributed by atoms with Crippen molar-refractivity contribution in [1.29, 1.82) is 0 Å². The lowest BCUT2D eigenvalue weighted by molar-refractivity contribution is 0.0622. The van der Waals surface area contributed by atoms with Crippen LogP contribution in [0, 0.1) is 5.92 Å². The molecule has 0 aliphatic carbocycles. The van der Waals surface area contributed by atoms with Gasteiger partial charge in [-0.25, -0.2) is 4.98 Å². The third-order valence-electron chi connectivity index (χ3n) is 4.70. The molecule has 2 aromatic rings. The van der Waals surface area contributed by atoms with Gasteiger partial charge in [0.1, 0.15) is 10.9 Å². The third kappa shape index (κ3) is 3.41. The van der Waals surface area contributed by atoms with Crippen LogP contribution in [0.15, 0.2) is 30.5 Å². The van der Waals surface area contributed by atoms with Crippen molar-refractivity contribution in [3.63, 3.8) is 0 Å². The Hall–Kier alpha value is -1.63. The van der Waals surface area contributed by atoms with Crippen molar-refractivity contribution in [2.24, 2.45) is 5.92 Å². The predicted octanol–water partition coefficient (Wildman–Crippen LogP) is 3.41. The summed E-state index contributed by atoms with van der Waals surface area (Å²) < 4.78 is 5.71. The molecule has 3 saturated heterocycles. The average Bonchev–Trinajstić information content (AvgIpc) is 3.07. The molecule has 3 fully saturated rings. The Morgan fingerprint density at radius 1 is 1.29 bits per heavy atom. The normalized spacial score (nSPS) is 25.5. The van der Waals surface area contributed by atoms with Gasteiger partial charge in [-0.2, -0.15) is 0 Å². The number of carbonyl (C=O) groups is 1. The van der Waals surface area contributed by atoms with Gasteiger partial charge in [0.25, 0.3) is 5.91 Å². The minimum absolute atomic E-state index is 0.0113. The molecule has 1 amide bonds. The number of nitrogens with zero attached hydrogens (tertiary/aromatic N) is 2. The highest BCUT2D eigenvalue weighted by Gasteiger charge is 2.35. The summed E-state index contributed by atoms with van der Waals surface area (Å²) in [4.78, 5) is 19.6. The van der Waals surface area contributed by atoms with Gasteiger partial charge in [0.05, 0.1) is 11.1 Å². The SMILES string of the molecule is O=C(NC1CN2CCC1CC2)c1ccc(Oc2ccc(Cl)nc2)s1. The summed E-state index contributed by atoms with van der Waals surface area (Å²) in [6.45, 7) is 3.31. The number of rotatable bonds is 4. The highest BCUT2D eigenvalue weighted by atomic mass is 35.5. The molecule has 3 aliphatic heterocycles. The molecule has 0 saturated carbocycles. The van der Waals surface area contributed by atoms with Gasteiger partial charge in [0, 0.05) is 12.6 Å². The predicted molar refractivity (Wildman–Crippen MR) is 94.1 cm³/mol. The summed E-state index contributed by atoms with van der Waals surface area (Å²) in [5, 5.41) is 4.28. The molecule has 2 aromatic heterocycles. The fourth-order valence-electron chi connectivity index (χ4n) is 3.40. The number of thiophene rings is 1. The van der Waals surface area contributed by atoms with E-state index in [1.807, 2.05) is 6.07 Å². The lowest BCUT2D eigenvalue weighted by Gasteiger charge is -2.44. The van der Waals surface area contributed by atoms with E-state index >= 15 is 0 Å². The van der Waals surface area contributed by atoms with Gasteiger partial charge >= 0.3 is 0 Å². The highest BCUT2D eigenvalue weighted by molar-refractivity contribution is 7.15. The molecule has 0 aromatic carbocycles. The van der Waals surface area contributed by atoms with Crippen LogP contribution in [-0.4, -0.2) is 41.5 Å². The summed E-state index contributed by atoms with van der Waals surface area (Å²) in [7, 11) is 0. The first-order valence-corrected chi connectivity index (χ1v) is 9.29. The van der Waals surface area contributed by atoms with E-state index in [2.05, 4.69) is 15.2 Å². The van der Waals surface area contributed by atoms with Crippen LogP contribution >= 0.6 is 22.9 Å². The Labute approximate surface area is 149 Å². The molecule has 7 heteroatoms. The number of pyridine rings is 1. The van der Waals surface area contributed by atoms with Crippen LogP contribution in [0.2, 0.25) is 5.15 Å². The Kier molecular flexibility index (Phi) is 4.43. The van der Waals surface area contributed by atoms with E-state index in [9.17, 15) is 4.79 Å². The molecule has 0 spiro atoms. The standard InChI is InChI=1S/C17H18ClN3O2S/c18-15-3-1-12(9-19-15)23-16-4-2-14(24-16)17(22)20-13-10-21-7-5-11(13)6-8-21/h1-4,9,11,13H,5-8,10H2,(H,20,22). The maximum Gasteiger partial charge on any atom is 0.261 e. The van der Waals surface area contributed by atoms with Crippen LogP contribution in [-0.2, 0) is 0 Å². The van der Waals surface area contributed by atoms with E-state index in [1.165, 1.54) is 37.3 Å². The van der Waals surface area contributed by atoms with Gasteiger partial charge in [0.2, 0.25) is 0 Å². The summed E-state index contributed by atoms with van der Waals surface area (Å²) in [6, 6.07) is 7.31. The molecule has 1 atom stereocenters. The maximum atomic E-state index is 12.5. The Bertz CT molecular complexity index is 726. The molecule has 126 valence electrons.